The van der Waals surface area contributed by atoms with Crippen LogP contribution in [0.25, 0.3) is 11.0 Å². The molecule has 4 nitrogen and oxygen atoms in total. The van der Waals surface area contributed by atoms with Crippen molar-refractivity contribution >= 4 is 38.5 Å². The minimum atomic E-state index is -0.298. The second-order valence-electron chi connectivity index (χ2n) is 7.72. The zero-order valence-corrected chi connectivity index (χ0v) is 18.2. The molecule has 0 radical (unpaired) electrons. The molecule has 4 rings (SSSR count). The molecule has 29 heavy (non-hydrogen) atoms. The molecule has 1 N–H and O–H groups in total. The number of rotatable bonds is 4. The summed E-state index contributed by atoms with van der Waals surface area (Å²) >= 11 is 3.41. The summed E-state index contributed by atoms with van der Waals surface area (Å²) in [7, 11) is 0. The van der Waals surface area contributed by atoms with Gasteiger partial charge in [-0.15, -0.1) is 0 Å². The van der Waals surface area contributed by atoms with Crippen molar-refractivity contribution in [1.29, 1.82) is 0 Å². The fraction of sp³-hybridized carbons (Fsp3) is 0.348. The molecule has 0 aliphatic carbocycles. The first-order chi connectivity index (χ1) is 13.9. The highest BCUT2D eigenvalue weighted by Crippen LogP contribution is 2.32. The van der Waals surface area contributed by atoms with E-state index in [9.17, 15) is 9.18 Å². The number of fused-ring (bicyclic) bond motifs is 1. The summed E-state index contributed by atoms with van der Waals surface area (Å²) in [6.07, 6.45) is 3.43. The van der Waals surface area contributed by atoms with Crippen molar-refractivity contribution in [3.05, 3.63) is 68.0 Å². The Morgan fingerprint density at radius 3 is 2.62 bits per heavy atom. The lowest BCUT2D eigenvalue weighted by Gasteiger charge is -2.27. The van der Waals surface area contributed by atoms with E-state index >= 15 is 0 Å². The van der Waals surface area contributed by atoms with Gasteiger partial charge in [-0.1, -0.05) is 6.07 Å². The molecule has 0 spiro atoms. The zero-order chi connectivity index (χ0) is 20.5. The quantitative estimate of drug-likeness (QED) is 0.507. The predicted octanol–water partition coefficient (Wildman–Crippen LogP) is 6.17. The molecule has 0 amide bonds. The highest BCUT2D eigenvalue weighted by atomic mass is 79.9. The summed E-state index contributed by atoms with van der Waals surface area (Å²) in [5, 5.41) is 3.99. The summed E-state index contributed by atoms with van der Waals surface area (Å²) in [5.41, 5.74) is 3.28. The first-order valence-electron chi connectivity index (χ1n) is 9.97. The summed E-state index contributed by atoms with van der Waals surface area (Å²) < 4.78 is 20.4. The molecule has 1 atom stereocenters. The van der Waals surface area contributed by atoms with Crippen LogP contribution in [0.3, 0.4) is 0 Å². The van der Waals surface area contributed by atoms with Crippen LogP contribution in [0.2, 0.25) is 0 Å². The summed E-state index contributed by atoms with van der Waals surface area (Å²) in [6.45, 7) is 5.80. The third-order valence-electron chi connectivity index (χ3n) is 5.43. The van der Waals surface area contributed by atoms with Gasteiger partial charge in [-0.25, -0.2) is 4.39 Å². The van der Waals surface area contributed by atoms with E-state index in [0.29, 0.717) is 21.3 Å². The molecular weight excluding hydrogens is 435 g/mol. The van der Waals surface area contributed by atoms with Crippen LogP contribution in [0.1, 0.15) is 43.4 Å². The van der Waals surface area contributed by atoms with Gasteiger partial charge in [0.25, 0.3) is 0 Å². The highest BCUT2D eigenvalue weighted by Gasteiger charge is 2.19. The van der Waals surface area contributed by atoms with Crippen LogP contribution in [-0.4, -0.2) is 13.1 Å². The van der Waals surface area contributed by atoms with Gasteiger partial charge in [-0.2, -0.15) is 0 Å². The van der Waals surface area contributed by atoms with E-state index in [2.05, 4.69) is 26.1 Å². The van der Waals surface area contributed by atoms with E-state index in [0.717, 1.165) is 42.7 Å². The average molecular weight is 459 g/mol. The summed E-state index contributed by atoms with van der Waals surface area (Å²) in [6, 6.07) is 9.94. The molecule has 1 aliphatic rings. The largest absolute Gasteiger partial charge is 0.440 e. The van der Waals surface area contributed by atoms with Gasteiger partial charge in [0.15, 0.2) is 11.3 Å². The fourth-order valence-electron chi connectivity index (χ4n) is 3.93. The normalized spacial score (nSPS) is 15.5. The van der Waals surface area contributed by atoms with Crippen molar-refractivity contribution in [2.24, 2.45) is 0 Å². The molecule has 0 saturated carbocycles. The number of nitrogens with zero attached hydrogens (tertiary/aromatic N) is 1. The number of benzene rings is 2. The number of aryl methyl sites for hydroxylation is 1. The maximum atomic E-state index is 13.4. The standard InChI is InChI=1S/C23H24BrFN2O2/c1-14-10-17(15(2)26-20-7-6-16(25)12-19(20)24)23-18(11-14)21(28)13-22(29-23)27-8-4-3-5-9-27/h6-7,10-13,15,26H,3-5,8-9H2,1-2H3/t15-/m1/s1. The Kier molecular flexibility index (Phi) is 5.63. The summed E-state index contributed by atoms with van der Waals surface area (Å²) in [4.78, 5) is 15.0. The maximum Gasteiger partial charge on any atom is 0.200 e. The lowest BCUT2D eigenvalue weighted by Crippen LogP contribution is -2.30. The minimum absolute atomic E-state index is 0.0214. The molecule has 1 saturated heterocycles. The summed E-state index contributed by atoms with van der Waals surface area (Å²) in [5.74, 6) is 0.343. The van der Waals surface area contributed by atoms with Gasteiger partial charge in [0.05, 0.1) is 11.4 Å². The molecule has 1 aliphatic heterocycles. The lowest BCUT2D eigenvalue weighted by atomic mass is 10.0. The van der Waals surface area contributed by atoms with E-state index in [-0.39, 0.29) is 17.3 Å². The van der Waals surface area contributed by atoms with E-state index in [1.54, 1.807) is 12.1 Å². The molecular formula is C23H24BrFN2O2. The molecule has 3 aromatic rings. The zero-order valence-electron chi connectivity index (χ0n) is 16.6. The monoisotopic (exact) mass is 458 g/mol. The Morgan fingerprint density at radius 1 is 1.14 bits per heavy atom. The van der Waals surface area contributed by atoms with Crippen molar-refractivity contribution < 1.29 is 8.81 Å². The second-order valence-corrected chi connectivity index (χ2v) is 8.57. The van der Waals surface area contributed by atoms with Gasteiger partial charge in [0.1, 0.15) is 11.4 Å². The van der Waals surface area contributed by atoms with Crippen molar-refractivity contribution in [2.75, 3.05) is 23.3 Å². The van der Waals surface area contributed by atoms with Gasteiger partial charge in [-0.3, -0.25) is 4.79 Å². The van der Waals surface area contributed by atoms with Crippen molar-refractivity contribution in [3.63, 3.8) is 0 Å². The number of hydrogen-bond acceptors (Lipinski definition) is 4. The van der Waals surface area contributed by atoms with Crippen LogP contribution in [0.15, 0.2) is 50.1 Å². The van der Waals surface area contributed by atoms with E-state index in [1.807, 2.05) is 26.0 Å². The molecule has 0 unspecified atom stereocenters. The number of halogens is 2. The van der Waals surface area contributed by atoms with Crippen LogP contribution >= 0.6 is 15.9 Å². The number of nitrogens with one attached hydrogen (secondary N) is 1. The van der Waals surface area contributed by atoms with E-state index < -0.39 is 0 Å². The number of hydrogen-bond donors (Lipinski definition) is 1. The third kappa shape index (κ3) is 4.17. The predicted molar refractivity (Wildman–Crippen MR) is 119 cm³/mol. The molecule has 1 fully saturated rings. The van der Waals surface area contributed by atoms with Crippen molar-refractivity contribution in [2.45, 2.75) is 39.2 Å². The van der Waals surface area contributed by atoms with E-state index in [1.165, 1.54) is 18.6 Å². The van der Waals surface area contributed by atoms with Gasteiger partial charge in [0, 0.05) is 34.9 Å². The lowest BCUT2D eigenvalue weighted by molar-refractivity contribution is 0.510. The maximum absolute atomic E-state index is 13.4. The van der Waals surface area contributed by atoms with Crippen LogP contribution in [-0.2, 0) is 0 Å². The highest BCUT2D eigenvalue weighted by molar-refractivity contribution is 9.10. The molecule has 6 heteroatoms. The smallest absolute Gasteiger partial charge is 0.200 e. The molecule has 2 aromatic carbocycles. The fourth-order valence-corrected chi connectivity index (χ4v) is 4.40. The van der Waals surface area contributed by atoms with Crippen LogP contribution < -0.4 is 15.6 Å². The van der Waals surface area contributed by atoms with Gasteiger partial charge < -0.3 is 14.6 Å². The third-order valence-corrected chi connectivity index (χ3v) is 6.08. The van der Waals surface area contributed by atoms with Gasteiger partial charge >= 0.3 is 0 Å². The minimum Gasteiger partial charge on any atom is -0.440 e. The first kappa shape index (κ1) is 20.0. The van der Waals surface area contributed by atoms with Crippen LogP contribution in [0.5, 0.6) is 0 Å². The Balaban J connectivity index is 1.77. The molecule has 2 heterocycles. The topological polar surface area (TPSA) is 45.5 Å². The molecule has 1 aromatic heterocycles. The Bertz CT molecular complexity index is 1110. The van der Waals surface area contributed by atoms with Crippen molar-refractivity contribution in [1.82, 2.24) is 0 Å². The van der Waals surface area contributed by atoms with Gasteiger partial charge in [-0.05, 0) is 78.9 Å². The average Bonchev–Trinajstić information content (AvgIpc) is 2.70. The van der Waals surface area contributed by atoms with E-state index in [4.69, 9.17) is 4.42 Å². The molecule has 0 bridgehead atoms. The van der Waals surface area contributed by atoms with Gasteiger partial charge in [0.2, 0.25) is 0 Å². The Hall–Kier alpha value is -2.34. The molecule has 152 valence electrons. The SMILES string of the molecule is Cc1cc([C@@H](C)Nc2ccc(F)cc2Br)c2oc(N3CCCCC3)cc(=O)c2c1. The number of anilines is 2. The Morgan fingerprint density at radius 2 is 1.90 bits per heavy atom. The van der Waals surface area contributed by atoms with Crippen molar-refractivity contribution in [3.8, 4) is 0 Å². The second kappa shape index (κ2) is 8.19. The number of piperidine rings is 1. The first-order valence-corrected chi connectivity index (χ1v) is 10.8. The van der Waals surface area contributed by atoms with Crippen LogP contribution in [0.4, 0.5) is 16.0 Å². The Labute approximate surface area is 177 Å². The van der Waals surface area contributed by atoms with Crippen LogP contribution in [0, 0.1) is 12.7 Å².